The number of carbonyl (C=O) groups is 1. The van der Waals surface area contributed by atoms with Gasteiger partial charge in [0.1, 0.15) is 10.6 Å². The van der Waals surface area contributed by atoms with Crippen LogP contribution >= 0.6 is 22.9 Å². The number of thiophene rings is 1. The minimum Gasteiger partial charge on any atom is -0.496 e. The maximum absolute atomic E-state index is 11.1. The van der Waals surface area contributed by atoms with Crippen molar-refractivity contribution in [2.24, 2.45) is 0 Å². The summed E-state index contributed by atoms with van der Waals surface area (Å²) in [5, 5.41) is 10.2. The Morgan fingerprint density at radius 2 is 2.12 bits per heavy atom. The molecule has 0 unspecified atom stereocenters. The molecule has 0 aliphatic heterocycles. The van der Waals surface area contributed by atoms with Crippen LogP contribution in [0.2, 0.25) is 5.02 Å². The number of ether oxygens (including phenoxy) is 1. The molecule has 2 aromatic rings. The van der Waals surface area contributed by atoms with Gasteiger partial charge < -0.3 is 9.84 Å². The van der Waals surface area contributed by atoms with Gasteiger partial charge in [0.05, 0.1) is 12.1 Å². The fourth-order valence-corrected chi connectivity index (χ4v) is 3.46. The Morgan fingerprint density at radius 1 is 1.47 bits per heavy atom. The molecule has 0 amide bonds. The van der Waals surface area contributed by atoms with E-state index < -0.39 is 5.97 Å². The molecular formula is C12H11ClO3S. The second-order valence-electron chi connectivity index (χ2n) is 3.78. The van der Waals surface area contributed by atoms with Gasteiger partial charge >= 0.3 is 5.97 Å². The number of aromatic carboxylic acids is 1. The van der Waals surface area contributed by atoms with Gasteiger partial charge in [-0.15, -0.1) is 11.3 Å². The van der Waals surface area contributed by atoms with E-state index in [0.717, 1.165) is 27.0 Å². The molecule has 1 aromatic carbocycles. The molecule has 90 valence electrons. The van der Waals surface area contributed by atoms with Crippen molar-refractivity contribution in [3.05, 3.63) is 27.1 Å². The van der Waals surface area contributed by atoms with Crippen LogP contribution in [0.1, 0.15) is 20.8 Å². The molecule has 0 spiro atoms. The van der Waals surface area contributed by atoms with Crippen molar-refractivity contribution in [1.29, 1.82) is 0 Å². The van der Waals surface area contributed by atoms with Crippen molar-refractivity contribution < 1.29 is 14.6 Å². The van der Waals surface area contributed by atoms with E-state index in [1.165, 1.54) is 11.3 Å². The summed E-state index contributed by atoms with van der Waals surface area (Å²) in [6.45, 7) is 3.80. The van der Waals surface area contributed by atoms with Crippen LogP contribution in [0.3, 0.4) is 0 Å². The van der Waals surface area contributed by atoms with Crippen molar-refractivity contribution in [2.75, 3.05) is 7.11 Å². The minimum atomic E-state index is -0.992. The summed E-state index contributed by atoms with van der Waals surface area (Å²) in [6.07, 6.45) is 0. The van der Waals surface area contributed by atoms with Crippen LogP contribution in [0.4, 0.5) is 0 Å². The van der Waals surface area contributed by atoms with Gasteiger partial charge in [-0.05, 0) is 25.5 Å². The third kappa shape index (κ3) is 1.77. The molecule has 0 fully saturated rings. The Balaban J connectivity index is 2.91. The number of halogens is 1. The first kappa shape index (κ1) is 12.2. The van der Waals surface area contributed by atoms with E-state index in [-0.39, 0.29) is 4.88 Å². The van der Waals surface area contributed by atoms with Crippen LogP contribution in [-0.2, 0) is 0 Å². The Hall–Kier alpha value is -1.26. The van der Waals surface area contributed by atoms with Gasteiger partial charge in [0, 0.05) is 15.6 Å². The highest BCUT2D eigenvalue weighted by atomic mass is 35.5. The topological polar surface area (TPSA) is 46.5 Å². The number of hydrogen-bond donors (Lipinski definition) is 1. The van der Waals surface area contributed by atoms with Crippen LogP contribution in [0, 0.1) is 13.8 Å². The molecule has 17 heavy (non-hydrogen) atoms. The third-order valence-electron chi connectivity index (χ3n) is 2.72. The van der Waals surface area contributed by atoms with Crippen LogP contribution in [-0.4, -0.2) is 18.2 Å². The first-order valence-electron chi connectivity index (χ1n) is 4.96. The minimum absolute atomic E-state index is 0.182. The Bertz CT molecular complexity index is 616. The van der Waals surface area contributed by atoms with E-state index in [4.69, 9.17) is 21.4 Å². The zero-order valence-electron chi connectivity index (χ0n) is 9.63. The highest BCUT2D eigenvalue weighted by molar-refractivity contribution is 7.21. The molecule has 0 atom stereocenters. The van der Waals surface area contributed by atoms with Crippen LogP contribution in [0.15, 0.2) is 6.07 Å². The van der Waals surface area contributed by atoms with Crippen molar-refractivity contribution in [3.63, 3.8) is 0 Å². The number of methoxy groups -OCH3 is 1. The molecule has 1 N–H and O–H groups in total. The van der Waals surface area contributed by atoms with E-state index in [9.17, 15) is 4.79 Å². The van der Waals surface area contributed by atoms with Gasteiger partial charge in [-0.1, -0.05) is 11.6 Å². The summed E-state index contributed by atoms with van der Waals surface area (Å²) in [5.41, 5.74) is 1.85. The summed E-state index contributed by atoms with van der Waals surface area (Å²) >= 11 is 7.30. The lowest BCUT2D eigenvalue weighted by atomic mass is 10.1. The SMILES string of the molecule is COc1cc(C)c2c(Cl)c(C(=O)O)sc2c1C. The van der Waals surface area contributed by atoms with Crippen LogP contribution < -0.4 is 4.74 Å². The zero-order chi connectivity index (χ0) is 12.7. The van der Waals surface area contributed by atoms with Crippen molar-refractivity contribution in [2.45, 2.75) is 13.8 Å². The van der Waals surface area contributed by atoms with Gasteiger partial charge in [-0.3, -0.25) is 0 Å². The van der Waals surface area contributed by atoms with E-state index in [1.54, 1.807) is 7.11 Å². The van der Waals surface area contributed by atoms with Crippen LogP contribution in [0.25, 0.3) is 10.1 Å². The zero-order valence-corrected chi connectivity index (χ0v) is 11.2. The van der Waals surface area contributed by atoms with Gasteiger partial charge in [0.25, 0.3) is 0 Å². The van der Waals surface area contributed by atoms with E-state index in [1.807, 2.05) is 19.9 Å². The highest BCUT2D eigenvalue weighted by Crippen LogP contribution is 2.42. The number of carboxylic acids is 1. The molecule has 1 heterocycles. The maximum atomic E-state index is 11.1. The lowest BCUT2D eigenvalue weighted by Gasteiger charge is -2.07. The summed E-state index contributed by atoms with van der Waals surface area (Å²) in [4.78, 5) is 11.2. The number of fused-ring (bicyclic) bond motifs is 1. The quantitative estimate of drug-likeness (QED) is 0.901. The molecule has 3 nitrogen and oxygen atoms in total. The second kappa shape index (κ2) is 4.20. The van der Waals surface area contributed by atoms with Crippen LogP contribution in [0.5, 0.6) is 5.75 Å². The molecule has 0 aliphatic carbocycles. The molecule has 2 rings (SSSR count). The molecule has 0 bridgehead atoms. The number of aryl methyl sites for hydroxylation is 2. The Labute approximate surface area is 108 Å². The Kier molecular flexibility index (Phi) is 3.02. The monoisotopic (exact) mass is 270 g/mol. The largest absolute Gasteiger partial charge is 0.496 e. The normalized spacial score (nSPS) is 10.8. The predicted octanol–water partition coefficient (Wildman–Crippen LogP) is 3.88. The van der Waals surface area contributed by atoms with Gasteiger partial charge in [-0.2, -0.15) is 0 Å². The van der Waals surface area contributed by atoms with Gasteiger partial charge in [0.2, 0.25) is 0 Å². The standard InChI is InChI=1S/C12H11ClO3S/c1-5-4-7(16-3)6(2)10-8(5)9(13)11(17-10)12(14)15/h4H,1-3H3,(H,14,15). The average Bonchev–Trinajstić information content (AvgIpc) is 2.62. The molecule has 5 heteroatoms. The average molecular weight is 271 g/mol. The second-order valence-corrected chi connectivity index (χ2v) is 5.17. The smallest absolute Gasteiger partial charge is 0.347 e. The molecule has 0 aliphatic rings. The van der Waals surface area contributed by atoms with E-state index in [2.05, 4.69) is 0 Å². The Morgan fingerprint density at radius 3 is 2.65 bits per heavy atom. The molecule has 0 saturated heterocycles. The number of benzene rings is 1. The fraction of sp³-hybridized carbons (Fsp3) is 0.250. The lowest BCUT2D eigenvalue weighted by Crippen LogP contribution is -1.91. The highest BCUT2D eigenvalue weighted by Gasteiger charge is 2.20. The molecule has 1 aromatic heterocycles. The number of rotatable bonds is 2. The first-order chi connectivity index (χ1) is 7.97. The van der Waals surface area contributed by atoms with Crippen molar-refractivity contribution in [1.82, 2.24) is 0 Å². The number of carboxylic acid groups (broad SMARTS) is 1. The lowest BCUT2D eigenvalue weighted by molar-refractivity contribution is 0.0702. The summed E-state index contributed by atoms with van der Waals surface area (Å²) in [6, 6.07) is 1.88. The molecule has 0 saturated carbocycles. The summed E-state index contributed by atoms with van der Waals surface area (Å²) in [7, 11) is 1.60. The maximum Gasteiger partial charge on any atom is 0.347 e. The van der Waals surface area contributed by atoms with Crippen molar-refractivity contribution >= 4 is 39.0 Å². The number of hydrogen-bond acceptors (Lipinski definition) is 3. The van der Waals surface area contributed by atoms with E-state index >= 15 is 0 Å². The van der Waals surface area contributed by atoms with Crippen molar-refractivity contribution in [3.8, 4) is 5.75 Å². The first-order valence-corrected chi connectivity index (χ1v) is 6.16. The summed E-state index contributed by atoms with van der Waals surface area (Å²) in [5.74, 6) is -0.237. The third-order valence-corrected chi connectivity index (χ3v) is 4.50. The predicted molar refractivity (Wildman–Crippen MR) is 69.8 cm³/mol. The summed E-state index contributed by atoms with van der Waals surface area (Å²) < 4.78 is 6.14. The molecule has 0 radical (unpaired) electrons. The van der Waals surface area contributed by atoms with E-state index in [0.29, 0.717) is 5.02 Å². The van der Waals surface area contributed by atoms with Gasteiger partial charge in [0.15, 0.2) is 0 Å². The van der Waals surface area contributed by atoms with Gasteiger partial charge in [-0.25, -0.2) is 4.79 Å². The molecular weight excluding hydrogens is 260 g/mol. The fourth-order valence-electron chi connectivity index (χ4n) is 1.87.